The molecule has 3 heterocycles. The number of rotatable bonds is 6. The van der Waals surface area contributed by atoms with E-state index in [9.17, 15) is 8.42 Å². The minimum absolute atomic E-state index is 0.156. The number of aryl methyl sites for hydroxylation is 1. The molecule has 8 nitrogen and oxygen atoms in total. The van der Waals surface area contributed by atoms with Gasteiger partial charge in [-0.3, -0.25) is 9.88 Å². The average Bonchev–Trinajstić information content (AvgIpc) is 2.80. The van der Waals surface area contributed by atoms with Crippen LogP contribution in [-0.2, 0) is 16.6 Å². The Hall–Kier alpha value is -2.88. The second-order valence-corrected chi connectivity index (χ2v) is 9.28. The molecule has 2 aromatic heterocycles. The molecule has 1 aliphatic heterocycles. The number of methoxy groups -OCH3 is 1. The lowest BCUT2D eigenvalue weighted by molar-refractivity contribution is 0.180. The van der Waals surface area contributed by atoms with Gasteiger partial charge in [-0.25, -0.2) is 18.4 Å². The molecule has 1 aliphatic rings. The Morgan fingerprint density at radius 1 is 1.03 bits per heavy atom. The van der Waals surface area contributed by atoms with Gasteiger partial charge in [0.15, 0.2) is 5.82 Å². The number of para-hydroxylation sites is 1. The van der Waals surface area contributed by atoms with Crippen molar-refractivity contribution in [3.63, 3.8) is 0 Å². The van der Waals surface area contributed by atoms with Crippen LogP contribution >= 0.6 is 0 Å². The van der Waals surface area contributed by atoms with Gasteiger partial charge < -0.3 is 4.74 Å². The Morgan fingerprint density at radius 2 is 1.74 bits per heavy atom. The van der Waals surface area contributed by atoms with Gasteiger partial charge in [0.2, 0.25) is 10.0 Å². The van der Waals surface area contributed by atoms with Crippen molar-refractivity contribution in [1.29, 1.82) is 0 Å². The van der Waals surface area contributed by atoms with E-state index in [-0.39, 0.29) is 4.90 Å². The van der Waals surface area contributed by atoms with Crippen molar-refractivity contribution in [2.75, 3.05) is 33.3 Å². The minimum atomic E-state index is -3.66. The monoisotopic (exact) mass is 439 g/mol. The van der Waals surface area contributed by atoms with E-state index in [2.05, 4.69) is 19.9 Å². The van der Waals surface area contributed by atoms with Crippen LogP contribution < -0.4 is 4.74 Å². The number of nitrogens with zero attached hydrogens (tertiary/aromatic N) is 5. The molecule has 0 unspecified atom stereocenters. The quantitative estimate of drug-likeness (QED) is 0.583. The van der Waals surface area contributed by atoms with Gasteiger partial charge in [-0.05, 0) is 25.1 Å². The number of hydrogen-bond donors (Lipinski definition) is 0. The zero-order chi connectivity index (χ0) is 21.8. The first kappa shape index (κ1) is 21.4. The van der Waals surface area contributed by atoms with Crippen molar-refractivity contribution in [2.24, 2.45) is 0 Å². The zero-order valence-corrected chi connectivity index (χ0v) is 18.4. The third kappa shape index (κ3) is 4.58. The standard InChI is InChI=1S/C22H25N5O3S/c1-17-21(15-24-22(25-17)18-7-9-23-10-8-18)31(28,29)27-13-11-26(12-14-27)16-19-5-3-4-6-20(19)30-2/h3-10,15H,11-14,16H2,1-2H3. The Labute approximate surface area is 182 Å². The highest BCUT2D eigenvalue weighted by atomic mass is 32.2. The van der Waals surface area contributed by atoms with E-state index < -0.39 is 10.0 Å². The van der Waals surface area contributed by atoms with Crippen molar-refractivity contribution in [2.45, 2.75) is 18.4 Å². The maximum absolute atomic E-state index is 13.2. The topological polar surface area (TPSA) is 88.5 Å². The fourth-order valence-electron chi connectivity index (χ4n) is 3.69. The van der Waals surface area contributed by atoms with E-state index in [0.29, 0.717) is 37.7 Å². The van der Waals surface area contributed by atoms with Gasteiger partial charge in [0.05, 0.1) is 19.0 Å². The van der Waals surface area contributed by atoms with Crippen LogP contribution in [0.1, 0.15) is 11.3 Å². The smallest absolute Gasteiger partial charge is 0.246 e. The predicted octanol–water partition coefficient (Wildman–Crippen LogP) is 2.36. The molecule has 0 bridgehead atoms. The van der Waals surface area contributed by atoms with E-state index in [1.165, 1.54) is 10.5 Å². The van der Waals surface area contributed by atoms with Gasteiger partial charge in [0, 0.05) is 56.2 Å². The molecule has 0 spiro atoms. The first-order chi connectivity index (χ1) is 15.0. The number of benzene rings is 1. The highest BCUT2D eigenvalue weighted by Gasteiger charge is 2.30. The van der Waals surface area contributed by atoms with Crippen molar-refractivity contribution in [3.8, 4) is 17.1 Å². The van der Waals surface area contributed by atoms with Crippen LogP contribution in [0.5, 0.6) is 5.75 Å². The summed E-state index contributed by atoms with van der Waals surface area (Å²) in [5.41, 5.74) is 2.34. The molecule has 0 N–H and O–H groups in total. The Morgan fingerprint density at radius 3 is 2.42 bits per heavy atom. The third-order valence-corrected chi connectivity index (χ3v) is 7.41. The normalized spacial score (nSPS) is 15.7. The molecule has 0 saturated carbocycles. The summed E-state index contributed by atoms with van der Waals surface area (Å²) in [6.45, 7) is 4.56. The SMILES string of the molecule is COc1ccccc1CN1CCN(S(=O)(=O)c2cnc(-c3ccncc3)nc2C)CC1. The fourth-order valence-corrected chi connectivity index (χ4v) is 5.22. The van der Waals surface area contributed by atoms with Crippen LogP contribution in [0.4, 0.5) is 0 Å². The summed E-state index contributed by atoms with van der Waals surface area (Å²) < 4.78 is 33.4. The lowest BCUT2D eigenvalue weighted by atomic mass is 10.2. The van der Waals surface area contributed by atoms with Crippen LogP contribution in [0.3, 0.4) is 0 Å². The van der Waals surface area contributed by atoms with Crippen LogP contribution in [0.2, 0.25) is 0 Å². The van der Waals surface area contributed by atoms with Crippen LogP contribution in [-0.4, -0.2) is 65.9 Å². The van der Waals surface area contributed by atoms with Crippen LogP contribution in [0.15, 0.2) is 59.9 Å². The molecular weight excluding hydrogens is 414 g/mol. The summed E-state index contributed by atoms with van der Waals surface area (Å²) in [5.74, 6) is 1.33. The third-order valence-electron chi connectivity index (χ3n) is 5.41. The van der Waals surface area contributed by atoms with Gasteiger partial charge in [-0.15, -0.1) is 0 Å². The molecule has 0 radical (unpaired) electrons. The van der Waals surface area contributed by atoms with E-state index in [4.69, 9.17) is 4.74 Å². The van der Waals surface area contributed by atoms with Crippen LogP contribution in [0, 0.1) is 6.92 Å². The molecule has 1 aromatic carbocycles. The molecule has 162 valence electrons. The summed E-state index contributed by atoms with van der Waals surface area (Å²) in [5, 5.41) is 0. The summed E-state index contributed by atoms with van der Waals surface area (Å²) in [6.07, 6.45) is 4.72. The molecule has 31 heavy (non-hydrogen) atoms. The zero-order valence-electron chi connectivity index (χ0n) is 17.6. The average molecular weight is 440 g/mol. The molecule has 1 fully saturated rings. The summed E-state index contributed by atoms with van der Waals surface area (Å²) >= 11 is 0. The first-order valence-corrected chi connectivity index (χ1v) is 11.5. The predicted molar refractivity (Wildman–Crippen MR) is 117 cm³/mol. The number of piperazine rings is 1. The number of sulfonamides is 1. The molecule has 0 aliphatic carbocycles. The molecule has 0 atom stereocenters. The second-order valence-electron chi connectivity index (χ2n) is 7.37. The number of aromatic nitrogens is 3. The van der Waals surface area contributed by atoms with Gasteiger partial charge in [-0.1, -0.05) is 18.2 Å². The van der Waals surface area contributed by atoms with E-state index in [1.807, 2.05) is 24.3 Å². The number of ether oxygens (including phenoxy) is 1. The largest absolute Gasteiger partial charge is 0.496 e. The maximum Gasteiger partial charge on any atom is 0.246 e. The fraction of sp³-hybridized carbons (Fsp3) is 0.318. The number of hydrogen-bond acceptors (Lipinski definition) is 7. The van der Waals surface area contributed by atoms with E-state index in [1.54, 1.807) is 38.6 Å². The lowest BCUT2D eigenvalue weighted by Crippen LogP contribution is -2.48. The van der Waals surface area contributed by atoms with Gasteiger partial charge >= 0.3 is 0 Å². The lowest BCUT2D eigenvalue weighted by Gasteiger charge is -2.34. The van der Waals surface area contributed by atoms with Crippen molar-refractivity contribution >= 4 is 10.0 Å². The molecule has 0 amide bonds. The molecular formula is C22H25N5O3S. The second kappa shape index (κ2) is 9.09. The summed E-state index contributed by atoms with van der Waals surface area (Å²) in [6, 6.07) is 11.5. The Balaban J connectivity index is 1.45. The molecule has 1 saturated heterocycles. The van der Waals surface area contributed by atoms with Crippen LogP contribution in [0.25, 0.3) is 11.4 Å². The molecule has 4 rings (SSSR count). The van der Waals surface area contributed by atoms with Crippen molar-refractivity contribution < 1.29 is 13.2 Å². The minimum Gasteiger partial charge on any atom is -0.496 e. The number of pyridine rings is 1. The van der Waals surface area contributed by atoms with E-state index >= 15 is 0 Å². The van der Waals surface area contributed by atoms with Crippen molar-refractivity contribution in [1.82, 2.24) is 24.2 Å². The highest BCUT2D eigenvalue weighted by Crippen LogP contribution is 2.24. The van der Waals surface area contributed by atoms with Gasteiger partial charge in [-0.2, -0.15) is 4.31 Å². The maximum atomic E-state index is 13.2. The molecule has 9 heteroatoms. The Kier molecular flexibility index (Phi) is 6.26. The highest BCUT2D eigenvalue weighted by molar-refractivity contribution is 7.89. The van der Waals surface area contributed by atoms with Crippen molar-refractivity contribution in [3.05, 3.63) is 66.2 Å². The Bertz CT molecular complexity index is 1150. The first-order valence-electron chi connectivity index (χ1n) is 10.1. The van der Waals surface area contributed by atoms with Gasteiger partial charge in [0.25, 0.3) is 0 Å². The van der Waals surface area contributed by atoms with Gasteiger partial charge in [0.1, 0.15) is 10.6 Å². The summed E-state index contributed by atoms with van der Waals surface area (Å²) in [4.78, 5) is 15.1. The summed E-state index contributed by atoms with van der Waals surface area (Å²) in [7, 11) is -2.00. The molecule has 3 aromatic rings. The van der Waals surface area contributed by atoms with E-state index in [0.717, 1.165) is 23.4 Å².